The van der Waals surface area contributed by atoms with E-state index in [1.54, 1.807) is 12.1 Å². The van der Waals surface area contributed by atoms with Crippen molar-refractivity contribution in [2.24, 2.45) is 0 Å². The number of benzene rings is 2. The molecule has 1 atom stereocenters. The lowest BCUT2D eigenvalue weighted by atomic mass is 10.0. The number of carbonyl (C=O) groups excluding carboxylic acids is 2. The Morgan fingerprint density at radius 1 is 1.04 bits per heavy atom. The van der Waals surface area contributed by atoms with Crippen molar-refractivity contribution in [1.82, 2.24) is 5.32 Å². The smallest absolute Gasteiger partial charge is 0.220 e. The molecule has 1 amide bonds. The minimum atomic E-state index is -0.117. The summed E-state index contributed by atoms with van der Waals surface area (Å²) in [5.74, 6) is -0.123. The molecule has 120 valence electrons. The standard InChI is InChI=1S/C19H20BrNO2/c1-13-7-9-15(10-8-13)18(22)11-12-19(23)21-14(2)16-5-3-4-6-17(16)20/h3-10,14H,11-12H2,1-2H3,(H,21,23). The predicted octanol–water partition coefficient (Wildman–Crippen LogP) is 4.60. The number of hydrogen-bond acceptors (Lipinski definition) is 2. The van der Waals surface area contributed by atoms with Gasteiger partial charge in [0.25, 0.3) is 0 Å². The van der Waals surface area contributed by atoms with Crippen molar-refractivity contribution in [3.05, 3.63) is 69.7 Å². The van der Waals surface area contributed by atoms with Crippen LogP contribution >= 0.6 is 15.9 Å². The average Bonchev–Trinajstić information content (AvgIpc) is 2.53. The van der Waals surface area contributed by atoms with E-state index in [1.165, 1.54) is 0 Å². The van der Waals surface area contributed by atoms with Crippen LogP contribution in [0.5, 0.6) is 0 Å². The highest BCUT2D eigenvalue weighted by Gasteiger charge is 2.14. The Balaban J connectivity index is 1.86. The molecule has 3 nitrogen and oxygen atoms in total. The molecular formula is C19H20BrNO2. The van der Waals surface area contributed by atoms with Crippen LogP contribution in [-0.4, -0.2) is 11.7 Å². The molecule has 0 heterocycles. The molecule has 0 aliphatic rings. The topological polar surface area (TPSA) is 46.2 Å². The van der Waals surface area contributed by atoms with Gasteiger partial charge >= 0.3 is 0 Å². The number of amides is 1. The Kier molecular flexibility index (Phi) is 6.11. The van der Waals surface area contributed by atoms with E-state index in [0.29, 0.717) is 5.56 Å². The zero-order chi connectivity index (χ0) is 16.8. The van der Waals surface area contributed by atoms with Gasteiger partial charge in [0.05, 0.1) is 6.04 Å². The van der Waals surface area contributed by atoms with Gasteiger partial charge in [-0.2, -0.15) is 0 Å². The van der Waals surface area contributed by atoms with Gasteiger partial charge < -0.3 is 5.32 Å². The monoisotopic (exact) mass is 373 g/mol. The summed E-state index contributed by atoms with van der Waals surface area (Å²) < 4.78 is 0.962. The first kappa shape index (κ1) is 17.4. The van der Waals surface area contributed by atoms with Gasteiger partial charge in [-0.3, -0.25) is 9.59 Å². The summed E-state index contributed by atoms with van der Waals surface area (Å²) in [6, 6.07) is 15.1. The lowest BCUT2D eigenvalue weighted by Gasteiger charge is -2.15. The van der Waals surface area contributed by atoms with Gasteiger partial charge in [0, 0.05) is 22.9 Å². The van der Waals surface area contributed by atoms with Crippen LogP contribution in [0, 0.1) is 6.92 Å². The lowest BCUT2D eigenvalue weighted by Crippen LogP contribution is -2.27. The van der Waals surface area contributed by atoms with Crippen molar-refractivity contribution in [2.45, 2.75) is 32.7 Å². The third-order valence-electron chi connectivity index (χ3n) is 3.70. The quantitative estimate of drug-likeness (QED) is 0.752. The Hall–Kier alpha value is -1.94. The molecule has 0 saturated heterocycles. The number of ketones is 1. The second-order valence-electron chi connectivity index (χ2n) is 5.60. The van der Waals surface area contributed by atoms with Crippen LogP contribution in [0.2, 0.25) is 0 Å². The van der Waals surface area contributed by atoms with Crippen molar-refractivity contribution < 1.29 is 9.59 Å². The maximum absolute atomic E-state index is 12.1. The Bertz CT molecular complexity index is 695. The number of nitrogens with one attached hydrogen (secondary N) is 1. The van der Waals surface area contributed by atoms with E-state index in [9.17, 15) is 9.59 Å². The minimum Gasteiger partial charge on any atom is -0.350 e. The largest absolute Gasteiger partial charge is 0.350 e. The summed E-state index contributed by atoms with van der Waals surface area (Å²) >= 11 is 3.48. The summed E-state index contributed by atoms with van der Waals surface area (Å²) in [5, 5.41) is 2.93. The van der Waals surface area contributed by atoms with Crippen LogP contribution < -0.4 is 5.32 Å². The van der Waals surface area contributed by atoms with Gasteiger partial charge in [-0.25, -0.2) is 0 Å². The predicted molar refractivity (Wildman–Crippen MR) is 95.4 cm³/mol. The first-order valence-electron chi connectivity index (χ1n) is 7.61. The van der Waals surface area contributed by atoms with Crippen molar-refractivity contribution in [2.75, 3.05) is 0 Å². The molecule has 0 bridgehead atoms. The zero-order valence-electron chi connectivity index (χ0n) is 13.3. The highest BCUT2D eigenvalue weighted by atomic mass is 79.9. The second kappa shape index (κ2) is 8.06. The first-order chi connectivity index (χ1) is 11.0. The third-order valence-corrected chi connectivity index (χ3v) is 4.42. The highest BCUT2D eigenvalue weighted by Crippen LogP contribution is 2.22. The first-order valence-corrected chi connectivity index (χ1v) is 8.40. The summed E-state index contributed by atoms with van der Waals surface area (Å²) in [6.45, 7) is 3.91. The Morgan fingerprint density at radius 2 is 1.70 bits per heavy atom. The molecule has 1 unspecified atom stereocenters. The van der Waals surface area contributed by atoms with Gasteiger partial charge in [-0.05, 0) is 25.5 Å². The van der Waals surface area contributed by atoms with Crippen molar-refractivity contribution in [1.29, 1.82) is 0 Å². The number of Topliss-reactive ketones (excluding diaryl/α,β-unsaturated/α-hetero) is 1. The number of hydrogen-bond donors (Lipinski definition) is 1. The van der Waals surface area contributed by atoms with E-state index in [1.807, 2.05) is 50.2 Å². The lowest BCUT2D eigenvalue weighted by molar-refractivity contribution is -0.121. The SMILES string of the molecule is Cc1ccc(C(=O)CCC(=O)NC(C)c2ccccc2Br)cc1. The summed E-state index contributed by atoms with van der Waals surface area (Å²) in [7, 11) is 0. The fraction of sp³-hybridized carbons (Fsp3) is 0.263. The van der Waals surface area contributed by atoms with E-state index >= 15 is 0 Å². The van der Waals surface area contributed by atoms with E-state index in [2.05, 4.69) is 21.2 Å². The number of aryl methyl sites for hydroxylation is 1. The number of carbonyl (C=O) groups is 2. The van der Waals surface area contributed by atoms with Gasteiger partial charge in [0.15, 0.2) is 5.78 Å². The number of halogens is 1. The van der Waals surface area contributed by atoms with Crippen molar-refractivity contribution in [3.63, 3.8) is 0 Å². The Labute approximate surface area is 145 Å². The molecule has 0 aliphatic heterocycles. The summed E-state index contributed by atoms with van der Waals surface area (Å²) in [4.78, 5) is 24.1. The van der Waals surface area contributed by atoms with Crippen LogP contribution in [-0.2, 0) is 4.79 Å². The van der Waals surface area contributed by atoms with Gasteiger partial charge in [0.1, 0.15) is 0 Å². The molecule has 2 rings (SSSR count). The molecular weight excluding hydrogens is 354 g/mol. The molecule has 0 spiro atoms. The molecule has 0 fully saturated rings. The molecule has 0 radical (unpaired) electrons. The van der Waals surface area contributed by atoms with Crippen molar-refractivity contribution in [3.8, 4) is 0 Å². The van der Waals surface area contributed by atoms with E-state index in [-0.39, 0.29) is 30.6 Å². The van der Waals surface area contributed by atoms with Crippen LogP contribution in [0.15, 0.2) is 53.0 Å². The molecule has 0 saturated carbocycles. The fourth-order valence-electron chi connectivity index (χ4n) is 2.33. The van der Waals surface area contributed by atoms with Gasteiger partial charge in [0.2, 0.25) is 5.91 Å². The zero-order valence-corrected chi connectivity index (χ0v) is 14.9. The van der Waals surface area contributed by atoms with Crippen LogP contribution in [0.4, 0.5) is 0 Å². The minimum absolute atomic E-state index is 0.00584. The van der Waals surface area contributed by atoms with Crippen molar-refractivity contribution >= 4 is 27.6 Å². The normalized spacial score (nSPS) is 11.8. The maximum atomic E-state index is 12.1. The fourth-order valence-corrected chi connectivity index (χ4v) is 2.96. The second-order valence-corrected chi connectivity index (χ2v) is 6.45. The van der Waals surface area contributed by atoms with E-state index < -0.39 is 0 Å². The Morgan fingerprint density at radius 3 is 2.35 bits per heavy atom. The maximum Gasteiger partial charge on any atom is 0.220 e. The summed E-state index contributed by atoms with van der Waals surface area (Å²) in [5.41, 5.74) is 2.79. The van der Waals surface area contributed by atoms with Crippen LogP contribution in [0.1, 0.15) is 47.3 Å². The molecule has 0 aliphatic carbocycles. The summed E-state index contributed by atoms with van der Waals surface area (Å²) in [6.07, 6.45) is 0.416. The number of rotatable bonds is 6. The average molecular weight is 374 g/mol. The van der Waals surface area contributed by atoms with Gasteiger partial charge in [-0.15, -0.1) is 0 Å². The van der Waals surface area contributed by atoms with Crippen LogP contribution in [0.25, 0.3) is 0 Å². The molecule has 23 heavy (non-hydrogen) atoms. The van der Waals surface area contributed by atoms with E-state index in [0.717, 1.165) is 15.6 Å². The molecule has 1 N–H and O–H groups in total. The van der Waals surface area contributed by atoms with Crippen LogP contribution in [0.3, 0.4) is 0 Å². The highest BCUT2D eigenvalue weighted by molar-refractivity contribution is 9.10. The molecule has 4 heteroatoms. The molecule has 2 aromatic rings. The van der Waals surface area contributed by atoms with Gasteiger partial charge in [-0.1, -0.05) is 64.0 Å². The van der Waals surface area contributed by atoms with E-state index in [4.69, 9.17) is 0 Å². The molecule has 2 aromatic carbocycles. The molecule has 0 aromatic heterocycles. The third kappa shape index (κ3) is 5.03.